The highest BCUT2D eigenvalue weighted by Gasteiger charge is 2.14. The number of aliphatic carboxylic acids is 1. The van der Waals surface area contributed by atoms with Crippen LogP contribution >= 0.6 is 0 Å². The van der Waals surface area contributed by atoms with E-state index in [2.05, 4.69) is 0 Å². The number of ether oxygens (including phenoxy) is 2. The molecule has 1 unspecified atom stereocenters. The van der Waals surface area contributed by atoms with Gasteiger partial charge in [-0.3, -0.25) is 9.59 Å². The fourth-order valence-electron chi connectivity index (χ4n) is 3.09. The number of hydrogen-bond donors (Lipinski definition) is 1. The number of allylic oxidation sites excluding steroid dienone is 1. The van der Waals surface area contributed by atoms with E-state index in [1.165, 1.54) is 0 Å². The Morgan fingerprint density at radius 1 is 1.06 bits per heavy atom. The van der Waals surface area contributed by atoms with Crippen molar-refractivity contribution in [2.75, 3.05) is 19.7 Å². The van der Waals surface area contributed by atoms with Crippen LogP contribution in [0.3, 0.4) is 0 Å². The molecule has 0 aliphatic heterocycles. The molecule has 31 heavy (non-hydrogen) atoms. The lowest BCUT2D eigenvalue weighted by Gasteiger charge is -2.19. The maximum Gasteiger partial charge on any atom is 0.306 e. The molecule has 2 aromatic rings. The fourth-order valence-corrected chi connectivity index (χ4v) is 3.09. The summed E-state index contributed by atoms with van der Waals surface area (Å²) in [6.45, 7) is 9.01. The quantitative estimate of drug-likeness (QED) is 0.516. The van der Waals surface area contributed by atoms with Crippen LogP contribution in [0.4, 0.5) is 0 Å². The minimum Gasteiger partial charge on any atom is -0.489 e. The second-order valence-electron chi connectivity index (χ2n) is 7.16. The van der Waals surface area contributed by atoms with E-state index in [-0.39, 0.29) is 25.0 Å². The number of carbonyl (C=O) groups is 2. The van der Waals surface area contributed by atoms with Crippen molar-refractivity contribution in [1.82, 2.24) is 4.90 Å². The number of nitrogens with zero attached hydrogens (tertiary/aromatic N) is 1. The van der Waals surface area contributed by atoms with Crippen molar-refractivity contribution in [2.24, 2.45) is 0 Å². The monoisotopic (exact) mass is 425 g/mol. The minimum absolute atomic E-state index is 0.0238. The van der Waals surface area contributed by atoms with E-state index >= 15 is 0 Å². The first-order chi connectivity index (χ1) is 14.8. The van der Waals surface area contributed by atoms with Crippen LogP contribution in [0.2, 0.25) is 0 Å². The van der Waals surface area contributed by atoms with E-state index in [0.29, 0.717) is 24.6 Å². The summed E-state index contributed by atoms with van der Waals surface area (Å²) in [7, 11) is 0. The Balaban J connectivity index is 2.29. The Bertz CT molecular complexity index is 903. The predicted molar refractivity (Wildman–Crippen MR) is 121 cm³/mol. The number of carboxylic acids is 1. The number of amides is 1. The predicted octanol–water partition coefficient (Wildman–Crippen LogP) is 4.95. The van der Waals surface area contributed by atoms with Gasteiger partial charge in [0.05, 0.1) is 13.0 Å². The van der Waals surface area contributed by atoms with Gasteiger partial charge in [0.1, 0.15) is 6.10 Å². The highest BCUT2D eigenvalue weighted by Crippen LogP contribution is 2.34. The molecule has 0 saturated heterocycles. The molecule has 0 heterocycles. The van der Waals surface area contributed by atoms with Gasteiger partial charge < -0.3 is 19.5 Å². The van der Waals surface area contributed by atoms with Crippen molar-refractivity contribution in [2.45, 2.75) is 40.2 Å². The van der Waals surface area contributed by atoms with Crippen molar-refractivity contribution in [3.05, 3.63) is 65.7 Å². The molecule has 6 nitrogen and oxygen atoms in total. The van der Waals surface area contributed by atoms with Gasteiger partial charge in [0.25, 0.3) is 0 Å². The molecule has 0 spiro atoms. The van der Waals surface area contributed by atoms with Crippen LogP contribution in [0.25, 0.3) is 5.57 Å². The van der Waals surface area contributed by atoms with E-state index < -0.39 is 5.97 Å². The van der Waals surface area contributed by atoms with Crippen LogP contribution < -0.4 is 9.47 Å². The van der Waals surface area contributed by atoms with Gasteiger partial charge in [0, 0.05) is 19.2 Å². The molecule has 2 aromatic carbocycles. The number of carboxylic acid groups (broad SMARTS) is 1. The summed E-state index contributed by atoms with van der Waals surface area (Å²) < 4.78 is 11.9. The van der Waals surface area contributed by atoms with Crippen LogP contribution in [0.5, 0.6) is 11.5 Å². The summed E-state index contributed by atoms with van der Waals surface area (Å²) in [5.74, 6) is -0.0102. The number of rotatable bonds is 11. The Hall–Kier alpha value is -3.28. The van der Waals surface area contributed by atoms with Gasteiger partial charge in [-0.25, -0.2) is 0 Å². The highest BCUT2D eigenvalue weighted by atomic mass is 16.5. The molecule has 1 atom stereocenters. The Morgan fingerprint density at radius 3 is 2.35 bits per heavy atom. The SMILES string of the molecule is CCN(CC)C(=O)C=C(C)c1ccc(OC(C)c2ccccc2)c(OCCC(=O)O)c1. The lowest BCUT2D eigenvalue weighted by atomic mass is 10.1. The van der Waals surface area contributed by atoms with Crippen LogP contribution in [-0.4, -0.2) is 41.6 Å². The van der Waals surface area contributed by atoms with E-state index in [1.807, 2.05) is 64.1 Å². The number of carbonyl (C=O) groups excluding carboxylic acids is 1. The number of benzene rings is 2. The topological polar surface area (TPSA) is 76.1 Å². The van der Waals surface area contributed by atoms with Gasteiger partial charge in [-0.05, 0) is 56.5 Å². The fraction of sp³-hybridized carbons (Fsp3) is 0.360. The summed E-state index contributed by atoms with van der Waals surface area (Å²) in [6, 6.07) is 15.3. The average molecular weight is 426 g/mol. The van der Waals surface area contributed by atoms with E-state index in [0.717, 1.165) is 16.7 Å². The summed E-state index contributed by atoms with van der Waals surface area (Å²) >= 11 is 0. The lowest BCUT2D eigenvalue weighted by molar-refractivity contribution is -0.137. The summed E-state index contributed by atoms with van der Waals surface area (Å²) in [5, 5.41) is 8.93. The molecular formula is C25H31NO5. The Labute approximate surface area is 184 Å². The Morgan fingerprint density at radius 2 is 1.74 bits per heavy atom. The first-order valence-corrected chi connectivity index (χ1v) is 10.5. The highest BCUT2D eigenvalue weighted by molar-refractivity contribution is 5.95. The van der Waals surface area contributed by atoms with E-state index in [1.54, 1.807) is 23.1 Å². The first-order valence-electron chi connectivity index (χ1n) is 10.5. The summed E-state index contributed by atoms with van der Waals surface area (Å²) in [6.07, 6.45) is 1.28. The zero-order valence-electron chi connectivity index (χ0n) is 18.6. The maximum atomic E-state index is 12.4. The molecule has 0 fully saturated rings. The third-order valence-electron chi connectivity index (χ3n) is 4.96. The molecule has 0 radical (unpaired) electrons. The molecule has 166 valence electrons. The van der Waals surface area contributed by atoms with Crippen LogP contribution in [0.1, 0.15) is 51.3 Å². The van der Waals surface area contributed by atoms with Gasteiger partial charge in [-0.15, -0.1) is 0 Å². The second-order valence-corrected chi connectivity index (χ2v) is 7.16. The summed E-state index contributed by atoms with van der Waals surface area (Å²) in [5.41, 5.74) is 2.62. The molecule has 0 aliphatic rings. The third-order valence-corrected chi connectivity index (χ3v) is 4.96. The van der Waals surface area contributed by atoms with Gasteiger partial charge in [0.15, 0.2) is 11.5 Å². The largest absolute Gasteiger partial charge is 0.489 e. The molecule has 6 heteroatoms. The van der Waals surface area contributed by atoms with Gasteiger partial charge in [-0.1, -0.05) is 36.4 Å². The van der Waals surface area contributed by atoms with Crippen molar-refractivity contribution >= 4 is 17.4 Å². The van der Waals surface area contributed by atoms with Gasteiger partial charge >= 0.3 is 5.97 Å². The normalized spacial score (nSPS) is 12.2. The minimum atomic E-state index is -0.933. The van der Waals surface area contributed by atoms with E-state index in [4.69, 9.17) is 14.6 Å². The van der Waals surface area contributed by atoms with Crippen molar-refractivity contribution < 1.29 is 24.2 Å². The van der Waals surface area contributed by atoms with Crippen molar-refractivity contribution in [3.8, 4) is 11.5 Å². The van der Waals surface area contributed by atoms with Crippen LogP contribution in [-0.2, 0) is 9.59 Å². The molecule has 1 N–H and O–H groups in total. The third kappa shape index (κ3) is 7.17. The van der Waals surface area contributed by atoms with E-state index in [9.17, 15) is 9.59 Å². The van der Waals surface area contributed by atoms with Crippen molar-refractivity contribution in [3.63, 3.8) is 0 Å². The standard InChI is InChI=1S/C25H31NO5/c1-5-26(6-2)24(27)16-18(3)21-12-13-22(23(17-21)30-15-14-25(28)29)31-19(4)20-10-8-7-9-11-20/h7-13,16-17,19H,5-6,14-15H2,1-4H3,(H,28,29). The second kappa shape index (κ2) is 11.8. The molecule has 0 aromatic heterocycles. The Kier molecular flexibility index (Phi) is 9.13. The van der Waals surface area contributed by atoms with Crippen LogP contribution in [0, 0.1) is 0 Å². The first kappa shape index (κ1) is 24.0. The molecule has 1 amide bonds. The molecule has 0 aliphatic carbocycles. The van der Waals surface area contributed by atoms with Crippen molar-refractivity contribution in [1.29, 1.82) is 0 Å². The number of likely N-dealkylation sites (N-methyl/N-ethyl adjacent to an activating group) is 1. The smallest absolute Gasteiger partial charge is 0.306 e. The zero-order valence-corrected chi connectivity index (χ0v) is 18.6. The summed E-state index contributed by atoms with van der Waals surface area (Å²) in [4.78, 5) is 25.1. The number of hydrogen-bond acceptors (Lipinski definition) is 4. The zero-order chi connectivity index (χ0) is 22.8. The van der Waals surface area contributed by atoms with Crippen LogP contribution in [0.15, 0.2) is 54.6 Å². The molecule has 0 saturated carbocycles. The van der Waals surface area contributed by atoms with Gasteiger partial charge in [-0.2, -0.15) is 0 Å². The maximum absolute atomic E-state index is 12.4. The molecule has 0 bridgehead atoms. The average Bonchev–Trinajstić information content (AvgIpc) is 2.75. The lowest BCUT2D eigenvalue weighted by Crippen LogP contribution is -2.28. The van der Waals surface area contributed by atoms with Gasteiger partial charge in [0.2, 0.25) is 5.91 Å². The molecular weight excluding hydrogens is 394 g/mol. The molecule has 2 rings (SSSR count).